The van der Waals surface area contributed by atoms with Crippen molar-refractivity contribution in [3.63, 3.8) is 0 Å². The fourth-order valence-electron chi connectivity index (χ4n) is 4.48. The molecular formula is C25H21FN6O2. The molecule has 1 aliphatic heterocycles. The lowest BCUT2D eigenvalue weighted by atomic mass is 10.1. The lowest BCUT2D eigenvalue weighted by Crippen LogP contribution is -2.27. The summed E-state index contributed by atoms with van der Waals surface area (Å²) in [5.41, 5.74) is 8.65. The maximum Gasteiger partial charge on any atom is 0.246 e. The van der Waals surface area contributed by atoms with Crippen molar-refractivity contribution in [1.82, 2.24) is 24.4 Å². The van der Waals surface area contributed by atoms with Crippen molar-refractivity contribution >= 4 is 33.9 Å². The molecule has 1 aromatic carbocycles. The molecule has 34 heavy (non-hydrogen) atoms. The van der Waals surface area contributed by atoms with Crippen LogP contribution in [0.2, 0.25) is 0 Å². The Balaban J connectivity index is 1.39. The van der Waals surface area contributed by atoms with Crippen LogP contribution in [0.1, 0.15) is 48.2 Å². The Hall–Kier alpha value is -4.19. The number of hydrogen-bond donors (Lipinski definition) is 1. The summed E-state index contributed by atoms with van der Waals surface area (Å²) in [6.07, 6.45) is 7.45. The highest BCUT2D eigenvalue weighted by Crippen LogP contribution is 2.40. The first kappa shape index (κ1) is 20.4. The summed E-state index contributed by atoms with van der Waals surface area (Å²) in [7, 11) is 0. The number of likely N-dealkylation sites (tertiary alicyclic amines) is 1. The molecule has 3 aromatic heterocycles. The Morgan fingerprint density at radius 2 is 2.06 bits per heavy atom. The fraction of sp³-hybridized carbons (Fsp3) is 0.280. The van der Waals surface area contributed by atoms with Crippen LogP contribution in [-0.2, 0) is 4.79 Å². The Morgan fingerprint density at radius 1 is 1.24 bits per heavy atom. The second-order valence-electron chi connectivity index (χ2n) is 8.71. The van der Waals surface area contributed by atoms with Crippen LogP contribution in [0.5, 0.6) is 0 Å². The van der Waals surface area contributed by atoms with Gasteiger partial charge in [-0.2, -0.15) is 0 Å². The first-order valence-electron chi connectivity index (χ1n) is 11.2. The molecule has 9 heteroatoms. The van der Waals surface area contributed by atoms with Crippen molar-refractivity contribution in [2.75, 3.05) is 18.8 Å². The van der Waals surface area contributed by atoms with Crippen LogP contribution in [0.4, 0.5) is 10.2 Å². The number of nitrogen functional groups attached to an aromatic ring is 1. The largest absolute Gasteiger partial charge is 0.440 e. The Bertz CT molecular complexity index is 1540. The Kier molecular flexibility index (Phi) is 4.62. The summed E-state index contributed by atoms with van der Waals surface area (Å²) in [4.78, 5) is 26.8. The zero-order valence-electron chi connectivity index (χ0n) is 18.3. The molecule has 1 amide bonds. The zero-order valence-corrected chi connectivity index (χ0v) is 18.3. The van der Waals surface area contributed by atoms with Gasteiger partial charge >= 0.3 is 0 Å². The quantitative estimate of drug-likeness (QED) is 0.374. The van der Waals surface area contributed by atoms with Crippen LogP contribution in [0.3, 0.4) is 0 Å². The van der Waals surface area contributed by atoms with E-state index in [4.69, 9.17) is 10.2 Å². The van der Waals surface area contributed by atoms with E-state index >= 15 is 0 Å². The molecule has 4 heterocycles. The van der Waals surface area contributed by atoms with E-state index in [1.807, 2.05) is 10.8 Å². The van der Waals surface area contributed by atoms with E-state index in [-0.39, 0.29) is 17.5 Å². The minimum atomic E-state index is -0.471. The number of rotatable bonds is 3. The van der Waals surface area contributed by atoms with E-state index in [0.29, 0.717) is 58.4 Å². The molecule has 0 spiro atoms. The zero-order chi connectivity index (χ0) is 23.4. The summed E-state index contributed by atoms with van der Waals surface area (Å²) in [5.74, 6) is 6.71. The van der Waals surface area contributed by atoms with Gasteiger partial charge in [-0.3, -0.25) is 4.79 Å². The Labute approximate surface area is 194 Å². The third-order valence-electron chi connectivity index (χ3n) is 6.43. The predicted molar refractivity (Wildman–Crippen MR) is 124 cm³/mol. The number of anilines is 1. The summed E-state index contributed by atoms with van der Waals surface area (Å²) in [6, 6.07) is 2.96. The van der Waals surface area contributed by atoms with Gasteiger partial charge in [0.2, 0.25) is 5.91 Å². The van der Waals surface area contributed by atoms with Gasteiger partial charge in [-0.15, -0.1) is 0 Å². The minimum Gasteiger partial charge on any atom is -0.440 e. The fourth-order valence-corrected chi connectivity index (χ4v) is 4.48. The van der Waals surface area contributed by atoms with Gasteiger partial charge in [-0.05, 0) is 31.4 Å². The van der Waals surface area contributed by atoms with E-state index < -0.39 is 5.82 Å². The van der Waals surface area contributed by atoms with Gasteiger partial charge in [-0.1, -0.05) is 18.4 Å². The monoisotopic (exact) mass is 456 g/mol. The van der Waals surface area contributed by atoms with Crippen LogP contribution in [-0.4, -0.2) is 43.4 Å². The highest BCUT2D eigenvalue weighted by Gasteiger charge is 2.30. The molecule has 6 rings (SSSR count). The highest BCUT2D eigenvalue weighted by molar-refractivity contribution is 5.92. The standard InChI is InChI=1S/C25H21FN6O2/c1-2-21(33)31-8-7-17(12-31)32-11-16(22-23(27)28-13-29-24(22)32)6-5-15-9-19-20(10-18(15)26)34-25(30-19)14-3-4-14/h2,9-11,13-14,17H,1,3-4,7-8,12H2,(H2,27,28,29). The number of fused-ring (bicyclic) bond motifs is 2. The number of carbonyl (C=O) groups is 1. The third-order valence-corrected chi connectivity index (χ3v) is 6.43. The second-order valence-corrected chi connectivity index (χ2v) is 8.71. The topological polar surface area (TPSA) is 103 Å². The maximum absolute atomic E-state index is 14.8. The minimum absolute atomic E-state index is 0.0142. The highest BCUT2D eigenvalue weighted by atomic mass is 19.1. The van der Waals surface area contributed by atoms with Crippen LogP contribution in [0.15, 0.2) is 41.7 Å². The maximum atomic E-state index is 14.8. The van der Waals surface area contributed by atoms with Gasteiger partial charge in [-0.25, -0.2) is 19.3 Å². The first-order chi connectivity index (χ1) is 16.5. The molecular weight excluding hydrogens is 435 g/mol. The number of nitrogens with zero attached hydrogens (tertiary/aromatic N) is 5. The molecule has 1 saturated carbocycles. The smallest absolute Gasteiger partial charge is 0.246 e. The molecule has 4 aromatic rings. The van der Waals surface area contributed by atoms with Crippen LogP contribution < -0.4 is 5.73 Å². The van der Waals surface area contributed by atoms with Gasteiger partial charge in [0.15, 0.2) is 11.5 Å². The number of amides is 1. The van der Waals surface area contributed by atoms with Crippen molar-refractivity contribution < 1.29 is 13.6 Å². The van der Waals surface area contributed by atoms with Crippen LogP contribution in [0, 0.1) is 17.7 Å². The molecule has 0 radical (unpaired) electrons. The lowest BCUT2D eigenvalue weighted by Gasteiger charge is -2.15. The molecule has 1 aliphatic carbocycles. The van der Waals surface area contributed by atoms with Gasteiger partial charge in [0.05, 0.1) is 22.6 Å². The molecule has 1 unspecified atom stereocenters. The number of aromatic nitrogens is 4. The van der Waals surface area contributed by atoms with E-state index in [2.05, 4.69) is 33.4 Å². The van der Waals surface area contributed by atoms with Crippen molar-refractivity contribution in [3.05, 3.63) is 60.1 Å². The van der Waals surface area contributed by atoms with E-state index in [1.165, 1.54) is 18.5 Å². The summed E-state index contributed by atoms with van der Waals surface area (Å²) < 4.78 is 22.4. The van der Waals surface area contributed by atoms with E-state index in [0.717, 1.165) is 19.3 Å². The number of halogens is 1. The van der Waals surface area contributed by atoms with Crippen molar-refractivity contribution in [3.8, 4) is 11.8 Å². The molecule has 2 fully saturated rings. The first-order valence-corrected chi connectivity index (χ1v) is 11.2. The van der Waals surface area contributed by atoms with Gasteiger partial charge in [0.1, 0.15) is 29.1 Å². The summed E-state index contributed by atoms with van der Waals surface area (Å²) >= 11 is 0. The van der Waals surface area contributed by atoms with E-state index in [9.17, 15) is 9.18 Å². The summed E-state index contributed by atoms with van der Waals surface area (Å²) in [5, 5.41) is 0.613. The van der Waals surface area contributed by atoms with Gasteiger partial charge < -0.3 is 19.6 Å². The average Bonchev–Trinajstić information content (AvgIpc) is 3.25. The number of hydrogen-bond acceptors (Lipinski definition) is 6. The SMILES string of the molecule is C=CC(=O)N1CCC(n2cc(C#Cc3cc4nc(C5CC5)oc4cc3F)c3c(N)ncnc32)C1. The van der Waals surface area contributed by atoms with Crippen LogP contribution >= 0.6 is 0 Å². The molecule has 8 nitrogen and oxygen atoms in total. The average molecular weight is 456 g/mol. The second kappa shape index (κ2) is 7.70. The summed E-state index contributed by atoms with van der Waals surface area (Å²) in [6.45, 7) is 4.73. The van der Waals surface area contributed by atoms with Crippen molar-refractivity contribution in [2.24, 2.45) is 0 Å². The van der Waals surface area contributed by atoms with Gasteiger partial charge in [0, 0.05) is 31.3 Å². The number of nitrogens with two attached hydrogens (primary N) is 1. The number of benzene rings is 1. The molecule has 170 valence electrons. The van der Waals surface area contributed by atoms with E-state index in [1.54, 1.807) is 11.0 Å². The molecule has 1 saturated heterocycles. The molecule has 2 N–H and O–H groups in total. The van der Waals surface area contributed by atoms with Crippen LogP contribution in [0.25, 0.3) is 22.1 Å². The van der Waals surface area contributed by atoms with Gasteiger partial charge in [0.25, 0.3) is 0 Å². The molecule has 1 atom stereocenters. The molecule has 2 aliphatic rings. The lowest BCUT2D eigenvalue weighted by molar-refractivity contribution is -0.125. The normalized spacial score (nSPS) is 17.8. The number of carbonyl (C=O) groups excluding carboxylic acids is 1. The Morgan fingerprint density at radius 3 is 2.85 bits per heavy atom. The predicted octanol–water partition coefficient (Wildman–Crippen LogP) is 3.53. The molecule has 0 bridgehead atoms. The van der Waals surface area contributed by atoms with Crippen molar-refractivity contribution in [2.45, 2.75) is 31.2 Å². The third kappa shape index (κ3) is 3.39. The van der Waals surface area contributed by atoms with Crippen molar-refractivity contribution in [1.29, 1.82) is 0 Å². The number of oxazole rings is 1.